The number of carbonyl (C=O) groups is 1. The summed E-state index contributed by atoms with van der Waals surface area (Å²) in [6, 6.07) is 14.0. The van der Waals surface area contributed by atoms with Gasteiger partial charge in [0.2, 0.25) is 0 Å². The number of likely N-dealkylation sites (tertiary alicyclic amines) is 1. The average Bonchev–Trinajstić information content (AvgIpc) is 3.11. The van der Waals surface area contributed by atoms with Crippen LogP contribution in [-0.4, -0.2) is 42.8 Å². The normalized spacial score (nSPS) is 19.5. The van der Waals surface area contributed by atoms with Crippen LogP contribution in [0, 0.1) is 13.8 Å². The number of piperidine rings is 1. The number of hydrogen-bond acceptors (Lipinski definition) is 4. The van der Waals surface area contributed by atoms with Gasteiger partial charge in [0.15, 0.2) is 11.6 Å². The van der Waals surface area contributed by atoms with Gasteiger partial charge >= 0.3 is 0 Å². The van der Waals surface area contributed by atoms with Gasteiger partial charge in [-0.1, -0.05) is 41.5 Å². The molecule has 4 heteroatoms. The summed E-state index contributed by atoms with van der Waals surface area (Å²) in [5, 5.41) is 0. The molecule has 2 aromatic rings. The van der Waals surface area contributed by atoms with Gasteiger partial charge in [-0.05, 0) is 31.5 Å². The summed E-state index contributed by atoms with van der Waals surface area (Å²) in [5.74, 6) is -0.234. The Labute approximate surface area is 161 Å². The highest BCUT2D eigenvalue weighted by Gasteiger charge is 2.39. The van der Waals surface area contributed by atoms with Gasteiger partial charge in [0.25, 0.3) is 0 Å². The fourth-order valence-electron chi connectivity index (χ4n) is 4.13. The first-order chi connectivity index (χ1) is 13.0. The van der Waals surface area contributed by atoms with Gasteiger partial charge in [0.05, 0.1) is 13.2 Å². The van der Waals surface area contributed by atoms with Crippen LogP contribution in [0.3, 0.4) is 0 Å². The van der Waals surface area contributed by atoms with Crippen molar-refractivity contribution in [3.63, 3.8) is 0 Å². The van der Waals surface area contributed by atoms with E-state index < -0.39 is 0 Å². The number of hydrogen-bond donors (Lipinski definition) is 0. The minimum absolute atomic E-state index is 0.0868. The maximum absolute atomic E-state index is 12.8. The first-order valence-corrected chi connectivity index (χ1v) is 9.75. The van der Waals surface area contributed by atoms with Crippen molar-refractivity contribution in [2.45, 2.75) is 39.0 Å². The monoisotopic (exact) mass is 365 g/mol. The number of nitrogens with zero attached hydrogens (tertiary/aromatic N) is 1. The minimum Gasteiger partial charge on any atom is -0.347 e. The molecule has 2 aliphatic heterocycles. The van der Waals surface area contributed by atoms with E-state index in [-0.39, 0.29) is 11.6 Å². The molecule has 2 aromatic carbocycles. The molecule has 0 atom stereocenters. The lowest BCUT2D eigenvalue weighted by Crippen LogP contribution is -2.44. The fourth-order valence-corrected chi connectivity index (χ4v) is 4.13. The van der Waals surface area contributed by atoms with Gasteiger partial charge in [-0.3, -0.25) is 9.69 Å². The van der Waals surface area contributed by atoms with Crippen LogP contribution in [0.25, 0.3) is 0 Å². The van der Waals surface area contributed by atoms with Crippen molar-refractivity contribution in [3.8, 4) is 0 Å². The van der Waals surface area contributed by atoms with E-state index in [1.807, 2.05) is 38.1 Å². The lowest BCUT2D eigenvalue weighted by Gasteiger charge is -2.37. The summed E-state index contributed by atoms with van der Waals surface area (Å²) in [5.41, 5.74) is 4.98. The zero-order valence-corrected chi connectivity index (χ0v) is 16.2. The van der Waals surface area contributed by atoms with E-state index in [0.717, 1.165) is 67.9 Å². The molecular weight excluding hydrogens is 338 g/mol. The van der Waals surface area contributed by atoms with Crippen LogP contribution >= 0.6 is 0 Å². The Morgan fingerprint density at radius 3 is 2.11 bits per heavy atom. The van der Waals surface area contributed by atoms with Gasteiger partial charge in [-0.2, -0.15) is 0 Å². The molecule has 2 saturated heterocycles. The molecule has 2 heterocycles. The fraction of sp³-hybridized carbons (Fsp3) is 0.435. The first kappa shape index (κ1) is 18.4. The van der Waals surface area contributed by atoms with E-state index in [0.29, 0.717) is 0 Å². The molecule has 0 bridgehead atoms. The zero-order valence-electron chi connectivity index (χ0n) is 16.2. The van der Waals surface area contributed by atoms with Crippen molar-refractivity contribution in [1.82, 2.24) is 4.90 Å². The van der Waals surface area contributed by atoms with Gasteiger partial charge in [0, 0.05) is 43.6 Å². The Morgan fingerprint density at radius 2 is 1.52 bits per heavy atom. The molecule has 4 rings (SSSR count). The molecular formula is C23H27NO3. The smallest absolute Gasteiger partial charge is 0.193 e. The Morgan fingerprint density at radius 1 is 0.926 bits per heavy atom. The summed E-state index contributed by atoms with van der Waals surface area (Å²) in [6.45, 7) is 8.33. The van der Waals surface area contributed by atoms with Crippen LogP contribution in [0.5, 0.6) is 0 Å². The molecule has 2 aliphatic rings. The Balaban J connectivity index is 1.38. The van der Waals surface area contributed by atoms with E-state index in [1.165, 1.54) is 5.56 Å². The molecule has 0 saturated carbocycles. The molecule has 0 unspecified atom stereocenters. The van der Waals surface area contributed by atoms with Crippen molar-refractivity contribution in [2.75, 3.05) is 26.3 Å². The Bertz CT molecular complexity index is 792. The SMILES string of the molecule is Cc1cc(C)cc(C(=O)c2ccc(CN3CCC4(CC3)OCCO4)cc2)c1. The maximum atomic E-state index is 12.8. The lowest BCUT2D eigenvalue weighted by molar-refractivity contribution is -0.185. The highest BCUT2D eigenvalue weighted by atomic mass is 16.7. The van der Waals surface area contributed by atoms with E-state index in [1.54, 1.807) is 0 Å². The summed E-state index contributed by atoms with van der Waals surface area (Å²) >= 11 is 0. The highest BCUT2D eigenvalue weighted by Crippen LogP contribution is 2.31. The topological polar surface area (TPSA) is 38.8 Å². The highest BCUT2D eigenvalue weighted by molar-refractivity contribution is 6.09. The van der Waals surface area contributed by atoms with Crippen LogP contribution in [0.15, 0.2) is 42.5 Å². The number of benzene rings is 2. The third-order valence-electron chi connectivity index (χ3n) is 5.54. The molecule has 0 N–H and O–H groups in total. The average molecular weight is 365 g/mol. The molecule has 0 aliphatic carbocycles. The number of carbonyl (C=O) groups excluding carboxylic acids is 1. The van der Waals surface area contributed by atoms with E-state index in [4.69, 9.17) is 9.47 Å². The van der Waals surface area contributed by atoms with Crippen LogP contribution in [0.4, 0.5) is 0 Å². The summed E-state index contributed by atoms with van der Waals surface area (Å²) in [4.78, 5) is 15.2. The molecule has 4 nitrogen and oxygen atoms in total. The molecule has 2 fully saturated rings. The van der Waals surface area contributed by atoms with Gasteiger partial charge in [-0.15, -0.1) is 0 Å². The minimum atomic E-state index is -0.321. The van der Waals surface area contributed by atoms with Crippen LogP contribution in [-0.2, 0) is 16.0 Å². The van der Waals surface area contributed by atoms with Crippen LogP contribution in [0.1, 0.15) is 45.5 Å². The molecule has 0 radical (unpaired) electrons. The van der Waals surface area contributed by atoms with Crippen molar-refractivity contribution in [2.24, 2.45) is 0 Å². The Hall–Kier alpha value is -2.01. The van der Waals surface area contributed by atoms with Crippen molar-refractivity contribution >= 4 is 5.78 Å². The van der Waals surface area contributed by atoms with Gasteiger partial charge < -0.3 is 9.47 Å². The lowest BCUT2D eigenvalue weighted by atomic mass is 9.98. The second-order valence-corrected chi connectivity index (χ2v) is 7.79. The number of aryl methyl sites for hydroxylation is 2. The number of ketones is 1. The zero-order chi connectivity index (χ0) is 18.9. The quantitative estimate of drug-likeness (QED) is 0.771. The Kier molecular flexibility index (Phi) is 5.13. The largest absolute Gasteiger partial charge is 0.347 e. The van der Waals surface area contributed by atoms with E-state index in [2.05, 4.69) is 23.1 Å². The summed E-state index contributed by atoms with van der Waals surface area (Å²) in [7, 11) is 0. The standard InChI is InChI=1S/C23H27NO3/c1-17-13-18(2)15-21(14-17)22(25)20-5-3-19(4-6-20)16-24-9-7-23(8-10-24)26-11-12-27-23/h3-6,13-15H,7-12,16H2,1-2H3. The van der Waals surface area contributed by atoms with Gasteiger partial charge in [0.1, 0.15) is 0 Å². The van der Waals surface area contributed by atoms with E-state index >= 15 is 0 Å². The summed E-state index contributed by atoms with van der Waals surface area (Å²) < 4.78 is 11.6. The third-order valence-corrected chi connectivity index (χ3v) is 5.54. The van der Waals surface area contributed by atoms with Crippen molar-refractivity contribution in [3.05, 3.63) is 70.3 Å². The second kappa shape index (κ2) is 7.55. The number of ether oxygens (including phenoxy) is 2. The predicted molar refractivity (Wildman–Crippen MR) is 105 cm³/mol. The second-order valence-electron chi connectivity index (χ2n) is 7.79. The van der Waals surface area contributed by atoms with Crippen molar-refractivity contribution < 1.29 is 14.3 Å². The molecule has 0 aromatic heterocycles. The number of rotatable bonds is 4. The molecule has 0 amide bonds. The van der Waals surface area contributed by atoms with E-state index in [9.17, 15) is 4.79 Å². The molecule has 142 valence electrons. The molecule has 27 heavy (non-hydrogen) atoms. The third kappa shape index (κ3) is 4.13. The predicted octanol–water partition coefficient (Wildman–Crippen LogP) is 3.87. The van der Waals surface area contributed by atoms with Crippen molar-refractivity contribution in [1.29, 1.82) is 0 Å². The summed E-state index contributed by atoms with van der Waals surface area (Å²) in [6.07, 6.45) is 1.85. The maximum Gasteiger partial charge on any atom is 0.193 e. The van der Waals surface area contributed by atoms with Crippen LogP contribution < -0.4 is 0 Å². The van der Waals surface area contributed by atoms with Gasteiger partial charge in [-0.25, -0.2) is 0 Å². The van der Waals surface area contributed by atoms with Crippen LogP contribution in [0.2, 0.25) is 0 Å². The molecule has 1 spiro atoms. The first-order valence-electron chi connectivity index (χ1n) is 9.75.